The Kier molecular flexibility index (Phi) is 5.03. The first-order chi connectivity index (χ1) is 10.1. The van der Waals surface area contributed by atoms with E-state index >= 15 is 0 Å². The third-order valence-electron chi connectivity index (χ3n) is 3.10. The van der Waals surface area contributed by atoms with E-state index in [0.29, 0.717) is 37.6 Å². The smallest absolute Gasteiger partial charge is 0.270 e. The van der Waals surface area contributed by atoms with Gasteiger partial charge in [-0.3, -0.25) is 14.6 Å². The van der Waals surface area contributed by atoms with E-state index in [0.717, 1.165) is 5.69 Å². The fourth-order valence-electron chi connectivity index (χ4n) is 2.16. The minimum atomic E-state index is -0.147. The number of nitrogens with one attached hydrogen (secondary N) is 1. The van der Waals surface area contributed by atoms with Crippen LogP contribution in [0.4, 0.5) is 0 Å². The van der Waals surface area contributed by atoms with E-state index in [-0.39, 0.29) is 11.8 Å². The third kappa shape index (κ3) is 4.37. The molecule has 0 saturated heterocycles. The molecule has 1 aliphatic heterocycles. The molecule has 1 aromatic heterocycles. The van der Waals surface area contributed by atoms with E-state index in [1.54, 1.807) is 11.1 Å². The van der Waals surface area contributed by atoms with Crippen molar-refractivity contribution in [2.24, 2.45) is 11.0 Å². The number of aromatic nitrogens is 1. The average Bonchev–Trinajstić information content (AvgIpc) is 2.47. The van der Waals surface area contributed by atoms with Crippen LogP contribution in [-0.4, -0.2) is 34.0 Å². The van der Waals surface area contributed by atoms with E-state index < -0.39 is 0 Å². The first-order valence-corrected chi connectivity index (χ1v) is 7.11. The molecule has 0 fully saturated rings. The van der Waals surface area contributed by atoms with E-state index in [1.165, 1.54) is 0 Å². The third-order valence-corrected chi connectivity index (χ3v) is 3.10. The zero-order chi connectivity index (χ0) is 15.2. The van der Waals surface area contributed by atoms with Gasteiger partial charge in [0.25, 0.3) is 5.91 Å². The number of carbonyl (C=O) groups is 2. The van der Waals surface area contributed by atoms with Gasteiger partial charge in [0.15, 0.2) is 0 Å². The lowest BCUT2D eigenvalue weighted by Gasteiger charge is -2.25. The van der Waals surface area contributed by atoms with Crippen LogP contribution in [0.5, 0.6) is 0 Å². The second-order valence-corrected chi connectivity index (χ2v) is 5.49. The molecule has 1 aromatic rings. The number of hydrogen-bond donors (Lipinski definition) is 1. The minimum Gasteiger partial charge on any atom is -0.331 e. The molecule has 2 amide bonds. The summed E-state index contributed by atoms with van der Waals surface area (Å²) in [6, 6.07) is 5.64. The van der Waals surface area contributed by atoms with Crippen molar-refractivity contribution in [3.05, 3.63) is 30.1 Å². The highest BCUT2D eigenvalue weighted by molar-refractivity contribution is 6.39. The second-order valence-electron chi connectivity index (χ2n) is 5.49. The van der Waals surface area contributed by atoms with Crippen LogP contribution in [0, 0.1) is 5.92 Å². The lowest BCUT2D eigenvalue weighted by molar-refractivity contribution is -0.125. The van der Waals surface area contributed by atoms with Gasteiger partial charge in [-0.1, -0.05) is 19.9 Å². The molecular formula is C15H20N4O2. The lowest BCUT2D eigenvalue weighted by Crippen LogP contribution is -2.41. The Bertz CT molecular complexity index is 540. The summed E-state index contributed by atoms with van der Waals surface area (Å²) in [6.07, 6.45) is 2.41. The summed E-state index contributed by atoms with van der Waals surface area (Å²) in [5, 5.41) is 3.89. The quantitative estimate of drug-likeness (QED) is 0.888. The molecule has 112 valence electrons. The Hall–Kier alpha value is -2.24. The number of hydrazone groups is 1. The van der Waals surface area contributed by atoms with Crippen molar-refractivity contribution < 1.29 is 9.59 Å². The Balaban J connectivity index is 2.11. The summed E-state index contributed by atoms with van der Waals surface area (Å²) in [4.78, 5) is 29.7. The molecule has 0 unspecified atom stereocenters. The Morgan fingerprint density at radius 3 is 2.76 bits per heavy atom. The van der Waals surface area contributed by atoms with Crippen molar-refractivity contribution in [1.29, 1.82) is 0 Å². The maximum Gasteiger partial charge on any atom is 0.270 e. The largest absolute Gasteiger partial charge is 0.331 e. The molecule has 2 heterocycles. The number of amides is 2. The Morgan fingerprint density at radius 2 is 2.19 bits per heavy atom. The molecule has 0 saturated carbocycles. The monoisotopic (exact) mass is 288 g/mol. The number of hydrogen-bond acceptors (Lipinski definition) is 4. The van der Waals surface area contributed by atoms with Crippen molar-refractivity contribution >= 4 is 17.5 Å². The van der Waals surface area contributed by atoms with Gasteiger partial charge in [-0.05, 0) is 18.1 Å². The summed E-state index contributed by atoms with van der Waals surface area (Å²) in [6.45, 7) is 5.19. The standard InChI is InChI=1S/C15H20N4O2/c1-11(2)9-19(10-12-5-3-4-8-16-12)15(21)13-6-7-14(20)18-17-13/h3-5,8,11H,6-7,9-10H2,1-2H3,(H,18,20). The van der Waals surface area contributed by atoms with Crippen LogP contribution in [0.1, 0.15) is 32.4 Å². The van der Waals surface area contributed by atoms with E-state index in [9.17, 15) is 9.59 Å². The van der Waals surface area contributed by atoms with Crippen LogP contribution >= 0.6 is 0 Å². The van der Waals surface area contributed by atoms with Crippen molar-refractivity contribution in [3.8, 4) is 0 Å². The van der Waals surface area contributed by atoms with Crippen LogP contribution < -0.4 is 5.43 Å². The van der Waals surface area contributed by atoms with Gasteiger partial charge in [0.05, 0.1) is 12.2 Å². The van der Waals surface area contributed by atoms with Crippen LogP contribution in [-0.2, 0) is 16.1 Å². The van der Waals surface area contributed by atoms with Crippen LogP contribution in [0.15, 0.2) is 29.5 Å². The number of carbonyl (C=O) groups excluding carboxylic acids is 2. The van der Waals surface area contributed by atoms with E-state index in [1.807, 2.05) is 18.2 Å². The van der Waals surface area contributed by atoms with Gasteiger partial charge in [0, 0.05) is 25.6 Å². The van der Waals surface area contributed by atoms with Crippen molar-refractivity contribution in [2.45, 2.75) is 33.2 Å². The second kappa shape index (κ2) is 6.97. The summed E-state index contributed by atoms with van der Waals surface area (Å²) >= 11 is 0. The van der Waals surface area contributed by atoms with Crippen LogP contribution in [0.2, 0.25) is 0 Å². The van der Waals surface area contributed by atoms with Gasteiger partial charge < -0.3 is 4.90 Å². The lowest BCUT2D eigenvalue weighted by atomic mass is 10.1. The summed E-state index contributed by atoms with van der Waals surface area (Å²) < 4.78 is 0. The van der Waals surface area contributed by atoms with Crippen molar-refractivity contribution in [2.75, 3.05) is 6.54 Å². The number of rotatable bonds is 5. The molecule has 0 atom stereocenters. The number of pyridine rings is 1. The predicted molar refractivity (Wildman–Crippen MR) is 79.3 cm³/mol. The highest BCUT2D eigenvalue weighted by atomic mass is 16.2. The predicted octanol–water partition coefficient (Wildman–Crippen LogP) is 1.33. The highest BCUT2D eigenvalue weighted by Crippen LogP contribution is 2.10. The fraction of sp³-hybridized carbons (Fsp3) is 0.467. The molecule has 0 spiro atoms. The molecule has 21 heavy (non-hydrogen) atoms. The van der Waals surface area contributed by atoms with Crippen molar-refractivity contribution in [1.82, 2.24) is 15.3 Å². The van der Waals surface area contributed by atoms with Gasteiger partial charge in [-0.2, -0.15) is 5.10 Å². The topological polar surface area (TPSA) is 74.7 Å². The molecule has 1 N–H and O–H groups in total. The van der Waals surface area contributed by atoms with Gasteiger partial charge in [-0.25, -0.2) is 5.43 Å². The summed E-state index contributed by atoms with van der Waals surface area (Å²) in [5.74, 6) is 0.0671. The first-order valence-electron chi connectivity index (χ1n) is 7.11. The van der Waals surface area contributed by atoms with Gasteiger partial charge in [0.2, 0.25) is 5.91 Å². The molecular weight excluding hydrogens is 268 g/mol. The van der Waals surface area contributed by atoms with Crippen molar-refractivity contribution in [3.63, 3.8) is 0 Å². The molecule has 2 rings (SSSR count). The van der Waals surface area contributed by atoms with E-state index in [4.69, 9.17) is 0 Å². The SMILES string of the molecule is CC(C)CN(Cc1ccccn1)C(=O)C1=NNC(=O)CC1. The molecule has 6 heteroatoms. The summed E-state index contributed by atoms with van der Waals surface area (Å²) in [5.41, 5.74) is 3.62. The maximum atomic E-state index is 12.6. The molecule has 6 nitrogen and oxygen atoms in total. The van der Waals surface area contributed by atoms with E-state index in [2.05, 4.69) is 29.4 Å². The van der Waals surface area contributed by atoms with Crippen LogP contribution in [0.25, 0.3) is 0 Å². The zero-order valence-corrected chi connectivity index (χ0v) is 12.4. The molecule has 0 aliphatic carbocycles. The summed E-state index contributed by atoms with van der Waals surface area (Å²) in [7, 11) is 0. The number of nitrogens with zero attached hydrogens (tertiary/aromatic N) is 3. The molecule has 1 aliphatic rings. The van der Waals surface area contributed by atoms with Crippen LogP contribution in [0.3, 0.4) is 0 Å². The van der Waals surface area contributed by atoms with Gasteiger partial charge in [-0.15, -0.1) is 0 Å². The highest BCUT2D eigenvalue weighted by Gasteiger charge is 2.24. The Labute approximate surface area is 124 Å². The maximum absolute atomic E-state index is 12.6. The fourth-order valence-corrected chi connectivity index (χ4v) is 2.16. The average molecular weight is 288 g/mol. The Morgan fingerprint density at radius 1 is 1.38 bits per heavy atom. The zero-order valence-electron chi connectivity index (χ0n) is 12.4. The normalized spacial score (nSPS) is 14.6. The molecule has 0 radical (unpaired) electrons. The van der Waals surface area contributed by atoms with Gasteiger partial charge in [0.1, 0.15) is 5.71 Å². The molecule has 0 aromatic carbocycles. The first kappa shape index (κ1) is 15.2. The minimum absolute atomic E-state index is 0.130. The van der Waals surface area contributed by atoms with Gasteiger partial charge >= 0.3 is 0 Å². The molecule has 0 bridgehead atoms.